The molecule has 0 radical (unpaired) electrons. The van der Waals surface area contributed by atoms with Gasteiger partial charge in [-0.25, -0.2) is 0 Å². The number of hydrogen-bond acceptors (Lipinski definition) is 2. The van der Waals surface area contributed by atoms with Crippen molar-refractivity contribution in [1.29, 1.82) is 0 Å². The fourth-order valence-electron chi connectivity index (χ4n) is 3.08. The molecule has 2 rings (SSSR count). The lowest BCUT2D eigenvalue weighted by Crippen LogP contribution is -2.36. The van der Waals surface area contributed by atoms with Gasteiger partial charge < -0.3 is 5.32 Å². The van der Waals surface area contributed by atoms with Crippen LogP contribution in [0.15, 0.2) is 22.9 Å². The predicted octanol–water partition coefficient (Wildman–Crippen LogP) is 3.56. The van der Waals surface area contributed by atoms with Crippen LogP contribution in [0.2, 0.25) is 0 Å². The Morgan fingerprint density at radius 3 is 2.71 bits per heavy atom. The van der Waals surface area contributed by atoms with Crippen molar-refractivity contribution in [3.05, 3.63) is 28.5 Å². The van der Waals surface area contributed by atoms with Gasteiger partial charge in [0.25, 0.3) is 0 Å². The Labute approximate surface area is 112 Å². The Kier molecular flexibility index (Phi) is 4.57. The van der Waals surface area contributed by atoms with E-state index in [-0.39, 0.29) is 0 Å². The first-order valence-corrected chi connectivity index (χ1v) is 7.27. The van der Waals surface area contributed by atoms with E-state index in [1.165, 1.54) is 37.7 Å². The lowest BCUT2D eigenvalue weighted by molar-refractivity contribution is 0.185. The molecule has 1 saturated carbocycles. The minimum absolute atomic E-state index is 0.454. The van der Waals surface area contributed by atoms with E-state index in [9.17, 15) is 0 Å². The van der Waals surface area contributed by atoms with Crippen LogP contribution in [0.5, 0.6) is 0 Å². The van der Waals surface area contributed by atoms with Crippen molar-refractivity contribution in [3.8, 4) is 0 Å². The van der Waals surface area contributed by atoms with E-state index in [2.05, 4.69) is 39.3 Å². The second kappa shape index (κ2) is 5.96. The van der Waals surface area contributed by atoms with Crippen LogP contribution in [-0.4, -0.2) is 18.6 Å². The molecule has 1 fully saturated rings. The summed E-state index contributed by atoms with van der Waals surface area (Å²) in [6, 6.07) is 2.21. The molecule has 2 nitrogen and oxygen atoms in total. The zero-order valence-corrected chi connectivity index (χ0v) is 12.1. The van der Waals surface area contributed by atoms with Gasteiger partial charge in [-0.15, -0.1) is 0 Å². The summed E-state index contributed by atoms with van der Waals surface area (Å²) in [5.41, 5.74) is 1.81. The predicted molar refractivity (Wildman–Crippen MR) is 75.1 cm³/mol. The van der Waals surface area contributed by atoms with Gasteiger partial charge in [0.15, 0.2) is 0 Å². The van der Waals surface area contributed by atoms with Crippen molar-refractivity contribution in [2.24, 2.45) is 5.41 Å². The Morgan fingerprint density at radius 1 is 1.29 bits per heavy atom. The van der Waals surface area contributed by atoms with Crippen molar-refractivity contribution in [2.75, 3.05) is 13.6 Å². The lowest BCUT2D eigenvalue weighted by atomic mass is 9.70. The summed E-state index contributed by atoms with van der Waals surface area (Å²) in [5.74, 6) is 0. The molecule has 1 N–H and O–H groups in total. The number of halogens is 1. The van der Waals surface area contributed by atoms with Crippen LogP contribution in [0.25, 0.3) is 0 Å². The van der Waals surface area contributed by atoms with Gasteiger partial charge in [-0.1, -0.05) is 19.3 Å². The van der Waals surface area contributed by atoms with Gasteiger partial charge in [-0.05, 0) is 59.3 Å². The van der Waals surface area contributed by atoms with Crippen molar-refractivity contribution in [1.82, 2.24) is 10.3 Å². The highest BCUT2D eigenvalue weighted by atomic mass is 79.9. The molecule has 1 heterocycles. The van der Waals surface area contributed by atoms with Crippen LogP contribution in [-0.2, 0) is 6.42 Å². The van der Waals surface area contributed by atoms with E-state index in [4.69, 9.17) is 0 Å². The van der Waals surface area contributed by atoms with Gasteiger partial charge >= 0.3 is 0 Å². The fraction of sp³-hybridized carbons (Fsp3) is 0.643. The molecule has 17 heavy (non-hydrogen) atoms. The van der Waals surface area contributed by atoms with Crippen LogP contribution in [0.1, 0.15) is 37.7 Å². The van der Waals surface area contributed by atoms with Crippen LogP contribution in [0.3, 0.4) is 0 Å². The largest absolute Gasteiger partial charge is 0.319 e. The zero-order valence-electron chi connectivity index (χ0n) is 10.5. The van der Waals surface area contributed by atoms with E-state index in [1.54, 1.807) is 0 Å². The van der Waals surface area contributed by atoms with E-state index >= 15 is 0 Å². The molecule has 3 heteroatoms. The molecule has 0 bridgehead atoms. The number of pyridine rings is 1. The van der Waals surface area contributed by atoms with Crippen LogP contribution in [0, 0.1) is 5.41 Å². The van der Waals surface area contributed by atoms with Crippen molar-refractivity contribution < 1.29 is 0 Å². The monoisotopic (exact) mass is 296 g/mol. The van der Waals surface area contributed by atoms with Crippen molar-refractivity contribution in [3.63, 3.8) is 0 Å². The second-order valence-corrected chi connectivity index (χ2v) is 6.19. The molecule has 0 aromatic carbocycles. The Hall–Kier alpha value is -0.410. The molecule has 1 aromatic rings. The highest BCUT2D eigenvalue weighted by molar-refractivity contribution is 9.10. The molecule has 1 aliphatic carbocycles. The van der Waals surface area contributed by atoms with Crippen LogP contribution < -0.4 is 5.32 Å². The molecule has 0 atom stereocenters. The minimum Gasteiger partial charge on any atom is -0.319 e. The van der Waals surface area contributed by atoms with E-state index in [0.29, 0.717) is 5.41 Å². The molecule has 0 saturated heterocycles. The first kappa shape index (κ1) is 13.0. The summed E-state index contributed by atoms with van der Waals surface area (Å²) >= 11 is 3.51. The standard InChI is InChI=1S/C14H21BrN2/c1-16-11-14(5-3-2-4-6-14)8-12-7-13(15)10-17-9-12/h7,9-10,16H,2-6,8,11H2,1H3. The zero-order chi connectivity index (χ0) is 12.1. The molecule has 0 unspecified atom stereocenters. The van der Waals surface area contributed by atoms with Crippen LogP contribution >= 0.6 is 15.9 Å². The van der Waals surface area contributed by atoms with E-state index in [0.717, 1.165) is 17.4 Å². The Morgan fingerprint density at radius 2 is 2.06 bits per heavy atom. The third kappa shape index (κ3) is 3.52. The number of nitrogens with one attached hydrogen (secondary N) is 1. The maximum Gasteiger partial charge on any atom is 0.0410 e. The maximum absolute atomic E-state index is 4.27. The first-order valence-electron chi connectivity index (χ1n) is 6.48. The molecule has 94 valence electrons. The van der Waals surface area contributed by atoms with Gasteiger partial charge in [-0.2, -0.15) is 0 Å². The Bertz CT molecular complexity index is 353. The number of nitrogens with zero attached hydrogens (tertiary/aromatic N) is 1. The molecular formula is C14H21BrN2. The number of rotatable bonds is 4. The first-order chi connectivity index (χ1) is 8.24. The van der Waals surface area contributed by atoms with Gasteiger partial charge in [0.2, 0.25) is 0 Å². The van der Waals surface area contributed by atoms with Crippen molar-refractivity contribution in [2.45, 2.75) is 38.5 Å². The summed E-state index contributed by atoms with van der Waals surface area (Å²) < 4.78 is 1.09. The van der Waals surface area contributed by atoms with E-state index in [1.807, 2.05) is 12.4 Å². The summed E-state index contributed by atoms with van der Waals surface area (Å²) in [7, 11) is 2.06. The number of hydrogen-bond donors (Lipinski definition) is 1. The maximum atomic E-state index is 4.27. The fourth-order valence-corrected chi connectivity index (χ4v) is 3.49. The van der Waals surface area contributed by atoms with Gasteiger partial charge in [0.1, 0.15) is 0 Å². The highest BCUT2D eigenvalue weighted by Crippen LogP contribution is 2.38. The van der Waals surface area contributed by atoms with E-state index < -0.39 is 0 Å². The summed E-state index contributed by atoms with van der Waals surface area (Å²) in [4.78, 5) is 4.27. The summed E-state index contributed by atoms with van der Waals surface area (Å²) in [5, 5.41) is 3.38. The smallest absolute Gasteiger partial charge is 0.0410 e. The molecular weight excluding hydrogens is 276 g/mol. The quantitative estimate of drug-likeness (QED) is 0.919. The molecule has 1 aromatic heterocycles. The van der Waals surface area contributed by atoms with Gasteiger partial charge in [0.05, 0.1) is 0 Å². The molecule has 1 aliphatic rings. The lowest BCUT2D eigenvalue weighted by Gasteiger charge is -2.37. The topological polar surface area (TPSA) is 24.9 Å². The SMILES string of the molecule is CNCC1(Cc2cncc(Br)c2)CCCCC1. The highest BCUT2D eigenvalue weighted by Gasteiger charge is 2.31. The molecule has 0 spiro atoms. The molecule has 0 amide bonds. The third-order valence-corrected chi connectivity index (χ3v) is 4.24. The normalized spacial score (nSPS) is 19.2. The van der Waals surface area contributed by atoms with Gasteiger partial charge in [0, 0.05) is 23.4 Å². The van der Waals surface area contributed by atoms with Crippen LogP contribution in [0.4, 0.5) is 0 Å². The summed E-state index contributed by atoms with van der Waals surface area (Å²) in [6.07, 6.45) is 11.9. The average molecular weight is 297 g/mol. The van der Waals surface area contributed by atoms with Crippen molar-refractivity contribution >= 4 is 15.9 Å². The molecule has 0 aliphatic heterocycles. The second-order valence-electron chi connectivity index (χ2n) is 5.28. The Balaban J connectivity index is 2.11. The van der Waals surface area contributed by atoms with Gasteiger partial charge in [-0.3, -0.25) is 4.98 Å². The third-order valence-electron chi connectivity index (χ3n) is 3.81. The minimum atomic E-state index is 0.454. The average Bonchev–Trinajstić information content (AvgIpc) is 2.30. The number of aromatic nitrogens is 1. The summed E-state index contributed by atoms with van der Waals surface area (Å²) in [6.45, 7) is 1.12.